The summed E-state index contributed by atoms with van der Waals surface area (Å²) in [5.74, 6) is 0. The van der Waals surface area contributed by atoms with Crippen LogP contribution in [-0.4, -0.2) is 29.9 Å². The zero-order valence-electron chi connectivity index (χ0n) is 4.58. The molecule has 0 spiro atoms. The lowest BCUT2D eigenvalue weighted by atomic mass is 10.7. The number of hydrogen-bond donors (Lipinski definition) is 1. The fourth-order valence-corrected chi connectivity index (χ4v) is 0.361. The summed E-state index contributed by atoms with van der Waals surface area (Å²) < 4.78 is 0. The fraction of sp³-hybridized carbons (Fsp3) is 0.600. The summed E-state index contributed by atoms with van der Waals surface area (Å²) in [6.45, 7) is 2.54. The molecule has 0 aliphatic carbocycles. The second kappa shape index (κ2) is 2.69. The molecule has 0 aromatic heterocycles. The molecular weight excluding hydrogens is 106 g/mol. The van der Waals surface area contributed by atoms with Crippen LogP contribution >= 0.6 is 0 Å². The highest BCUT2D eigenvalue weighted by molar-refractivity contribution is 4.71. The molecule has 0 aromatic rings. The van der Waals surface area contributed by atoms with Crippen molar-refractivity contribution in [2.75, 3.05) is 19.7 Å². The summed E-state index contributed by atoms with van der Waals surface area (Å²) in [6.07, 6.45) is 2.54. The van der Waals surface area contributed by atoms with Crippen LogP contribution in [0.15, 0.2) is 12.3 Å². The molecule has 3 heteroatoms. The van der Waals surface area contributed by atoms with Gasteiger partial charge in [-0.2, -0.15) is 5.06 Å². The van der Waals surface area contributed by atoms with Crippen molar-refractivity contribution < 1.29 is 9.94 Å². The molecule has 0 atom stereocenters. The summed E-state index contributed by atoms with van der Waals surface area (Å²) in [5, 5.41) is 9.94. The molecule has 0 saturated carbocycles. The molecule has 3 nitrogen and oxygen atoms in total. The van der Waals surface area contributed by atoms with E-state index in [1.807, 2.05) is 5.06 Å². The molecular formula is C5H9NO2. The minimum absolute atomic E-state index is 0.483. The molecule has 1 rings (SSSR count). The van der Waals surface area contributed by atoms with Gasteiger partial charge in [-0.1, -0.05) is 0 Å². The van der Waals surface area contributed by atoms with Crippen LogP contribution in [-0.2, 0) is 4.84 Å². The Labute approximate surface area is 48.1 Å². The van der Waals surface area contributed by atoms with Crippen LogP contribution in [0.4, 0.5) is 0 Å². The molecule has 8 heavy (non-hydrogen) atoms. The van der Waals surface area contributed by atoms with E-state index >= 15 is 0 Å². The van der Waals surface area contributed by atoms with E-state index in [0.717, 1.165) is 19.4 Å². The maximum absolute atomic E-state index is 8.12. The lowest BCUT2D eigenvalue weighted by molar-refractivity contribution is -0.0481. The van der Waals surface area contributed by atoms with Crippen LogP contribution in [0.2, 0.25) is 0 Å². The topological polar surface area (TPSA) is 32.5 Å². The average Bonchev–Trinajstić information content (AvgIpc) is 2.51. The van der Waals surface area contributed by atoms with Crippen molar-refractivity contribution in [3.63, 3.8) is 0 Å². The highest BCUT2D eigenvalue weighted by Gasteiger charge is 2.16. The molecule has 1 N–H and O–H groups in total. The molecule has 1 aliphatic rings. The minimum Gasteiger partial charge on any atom is -0.516 e. The second-order valence-corrected chi connectivity index (χ2v) is 1.61. The lowest BCUT2D eigenvalue weighted by Crippen LogP contribution is -1.97. The van der Waals surface area contributed by atoms with E-state index in [9.17, 15) is 0 Å². The first-order valence-corrected chi connectivity index (χ1v) is 2.60. The van der Waals surface area contributed by atoms with Crippen molar-refractivity contribution in [2.45, 2.75) is 0 Å². The Balaban J connectivity index is 1.88. The average molecular weight is 115 g/mol. The van der Waals surface area contributed by atoms with Gasteiger partial charge in [-0.25, -0.2) is 0 Å². The highest BCUT2D eigenvalue weighted by atomic mass is 16.7. The minimum atomic E-state index is 0.483. The Bertz CT molecular complexity index is 88.4. The van der Waals surface area contributed by atoms with Gasteiger partial charge in [-0.05, 0) is 6.08 Å². The molecule has 0 aromatic carbocycles. The number of aliphatic hydroxyl groups is 1. The van der Waals surface area contributed by atoms with Gasteiger partial charge in [0.25, 0.3) is 0 Å². The Morgan fingerprint density at radius 2 is 2.38 bits per heavy atom. The second-order valence-electron chi connectivity index (χ2n) is 1.61. The molecule has 0 amide bonds. The largest absolute Gasteiger partial charge is 0.516 e. The molecule has 1 fully saturated rings. The maximum atomic E-state index is 8.12. The summed E-state index contributed by atoms with van der Waals surface area (Å²) in [5.41, 5.74) is 0. The molecule has 1 saturated heterocycles. The zero-order valence-corrected chi connectivity index (χ0v) is 4.58. The zero-order chi connectivity index (χ0) is 5.82. The van der Waals surface area contributed by atoms with Crippen molar-refractivity contribution in [1.82, 2.24) is 5.06 Å². The van der Waals surface area contributed by atoms with Gasteiger partial charge in [-0.3, -0.25) is 4.84 Å². The number of rotatable bonds is 3. The van der Waals surface area contributed by atoms with E-state index in [1.165, 1.54) is 0 Å². The van der Waals surface area contributed by atoms with E-state index in [-0.39, 0.29) is 0 Å². The smallest absolute Gasteiger partial charge is 0.0898 e. The van der Waals surface area contributed by atoms with Crippen molar-refractivity contribution in [1.29, 1.82) is 0 Å². The third kappa shape index (κ3) is 1.95. The van der Waals surface area contributed by atoms with Crippen LogP contribution in [0, 0.1) is 0 Å². The Hall–Kier alpha value is -0.540. The Morgan fingerprint density at radius 3 is 2.88 bits per heavy atom. The predicted molar refractivity (Wildman–Crippen MR) is 29.3 cm³/mol. The molecule has 1 heterocycles. The summed E-state index contributed by atoms with van der Waals surface area (Å²) in [7, 11) is 0. The van der Waals surface area contributed by atoms with Gasteiger partial charge in [0.05, 0.1) is 12.9 Å². The van der Waals surface area contributed by atoms with Gasteiger partial charge in [-0.15, -0.1) is 0 Å². The van der Waals surface area contributed by atoms with E-state index in [4.69, 9.17) is 9.94 Å². The Morgan fingerprint density at radius 1 is 1.62 bits per heavy atom. The quantitative estimate of drug-likeness (QED) is 0.424. The van der Waals surface area contributed by atoms with Crippen molar-refractivity contribution in [2.24, 2.45) is 0 Å². The van der Waals surface area contributed by atoms with Gasteiger partial charge in [0.2, 0.25) is 0 Å². The maximum Gasteiger partial charge on any atom is 0.0898 e. The fourth-order valence-electron chi connectivity index (χ4n) is 0.361. The SMILES string of the molecule is OC=CCON1CC1. The molecule has 0 unspecified atom stereocenters. The lowest BCUT2D eigenvalue weighted by Gasteiger charge is -1.94. The first kappa shape index (κ1) is 5.59. The van der Waals surface area contributed by atoms with Crippen LogP contribution in [0.5, 0.6) is 0 Å². The Kier molecular flexibility index (Phi) is 1.88. The van der Waals surface area contributed by atoms with Crippen molar-refractivity contribution >= 4 is 0 Å². The summed E-state index contributed by atoms with van der Waals surface area (Å²) in [4.78, 5) is 4.98. The van der Waals surface area contributed by atoms with Crippen LogP contribution in [0.25, 0.3) is 0 Å². The molecule has 46 valence electrons. The third-order valence-electron chi connectivity index (χ3n) is 0.865. The highest BCUT2D eigenvalue weighted by Crippen LogP contribution is 2.02. The van der Waals surface area contributed by atoms with Crippen molar-refractivity contribution in [3.05, 3.63) is 12.3 Å². The number of nitrogens with zero attached hydrogens (tertiary/aromatic N) is 1. The van der Waals surface area contributed by atoms with E-state index < -0.39 is 0 Å². The van der Waals surface area contributed by atoms with Gasteiger partial charge < -0.3 is 5.11 Å². The number of aliphatic hydroxyl groups excluding tert-OH is 1. The summed E-state index contributed by atoms with van der Waals surface area (Å²) in [6, 6.07) is 0. The van der Waals surface area contributed by atoms with Crippen LogP contribution in [0.1, 0.15) is 0 Å². The van der Waals surface area contributed by atoms with E-state index in [2.05, 4.69) is 0 Å². The molecule has 0 bridgehead atoms. The van der Waals surface area contributed by atoms with Gasteiger partial charge in [0, 0.05) is 13.1 Å². The third-order valence-corrected chi connectivity index (χ3v) is 0.865. The van der Waals surface area contributed by atoms with Gasteiger partial charge >= 0.3 is 0 Å². The van der Waals surface area contributed by atoms with Gasteiger partial charge in [0.1, 0.15) is 0 Å². The molecule has 0 radical (unpaired) electrons. The van der Waals surface area contributed by atoms with E-state index in [0.29, 0.717) is 6.61 Å². The number of hydrogen-bond acceptors (Lipinski definition) is 3. The summed E-state index contributed by atoms with van der Waals surface area (Å²) >= 11 is 0. The predicted octanol–water partition coefficient (Wildman–Crippen LogP) is 0.305. The van der Waals surface area contributed by atoms with Crippen LogP contribution in [0.3, 0.4) is 0 Å². The van der Waals surface area contributed by atoms with E-state index in [1.54, 1.807) is 6.08 Å². The normalized spacial score (nSPS) is 20.0. The first-order chi connectivity index (χ1) is 3.93. The van der Waals surface area contributed by atoms with Gasteiger partial charge in [0.15, 0.2) is 0 Å². The van der Waals surface area contributed by atoms with Crippen LogP contribution < -0.4 is 0 Å². The molecule has 1 aliphatic heterocycles. The standard InChI is InChI=1S/C5H9NO2/c7-4-1-5-8-6-2-3-6/h1,4,7H,2-3,5H2. The number of hydroxylamine groups is 2. The van der Waals surface area contributed by atoms with Crippen molar-refractivity contribution in [3.8, 4) is 0 Å². The monoisotopic (exact) mass is 115 g/mol. The first-order valence-electron chi connectivity index (χ1n) is 2.60.